The van der Waals surface area contributed by atoms with Gasteiger partial charge in [0.25, 0.3) is 5.91 Å². The number of amides is 2. The van der Waals surface area contributed by atoms with Crippen LogP contribution in [-0.4, -0.2) is 31.7 Å². The minimum absolute atomic E-state index is 0.155. The second kappa shape index (κ2) is 9.46. The minimum atomic E-state index is -0.273. The molecule has 0 radical (unpaired) electrons. The third-order valence-corrected chi connectivity index (χ3v) is 7.64. The van der Waals surface area contributed by atoms with Crippen molar-refractivity contribution < 1.29 is 14.8 Å². The molecule has 4 aromatic carbocycles. The molecule has 0 aliphatic heterocycles. The molecule has 8 nitrogen and oxygen atoms in total. The molecule has 7 aromatic rings. The standard InChI is InChI=1S/C32H24ClN5O3/c1-17(39)34-22-6-8-26-20(11-22)14-28(37-26)32(40)35-23-7-9-25-19(12-23)13-27(36-25)18-10-21(16-33)31-24-4-2-3-5-29(24)38(41)30(31)15-18/h2-15,36-37,41H,16H2,1H3,(H,34,39)(H,35,40). The molecule has 2 amide bonds. The van der Waals surface area contributed by atoms with Crippen LogP contribution in [0, 0.1) is 0 Å². The van der Waals surface area contributed by atoms with E-state index in [0.717, 1.165) is 54.9 Å². The van der Waals surface area contributed by atoms with Gasteiger partial charge in [-0.2, -0.15) is 4.73 Å². The summed E-state index contributed by atoms with van der Waals surface area (Å²) < 4.78 is 1.21. The van der Waals surface area contributed by atoms with Crippen molar-refractivity contribution in [3.8, 4) is 11.3 Å². The first-order valence-electron chi connectivity index (χ1n) is 13.0. The van der Waals surface area contributed by atoms with Crippen LogP contribution in [0.2, 0.25) is 0 Å². The molecule has 0 bridgehead atoms. The zero-order chi connectivity index (χ0) is 28.2. The molecule has 3 heterocycles. The van der Waals surface area contributed by atoms with E-state index in [0.29, 0.717) is 28.5 Å². The Morgan fingerprint density at radius 3 is 2.29 bits per heavy atom. The van der Waals surface area contributed by atoms with Crippen LogP contribution in [0.15, 0.2) is 84.9 Å². The summed E-state index contributed by atoms with van der Waals surface area (Å²) >= 11 is 6.37. The number of aromatic nitrogens is 3. The summed E-state index contributed by atoms with van der Waals surface area (Å²) in [7, 11) is 0. The van der Waals surface area contributed by atoms with Crippen LogP contribution in [-0.2, 0) is 10.7 Å². The largest absolute Gasteiger partial charge is 0.428 e. The molecule has 0 spiro atoms. The zero-order valence-corrected chi connectivity index (χ0v) is 22.6. The normalized spacial score (nSPS) is 11.6. The molecular weight excluding hydrogens is 538 g/mol. The Morgan fingerprint density at radius 2 is 1.54 bits per heavy atom. The van der Waals surface area contributed by atoms with Gasteiger partial charge in [0.15, 0.2) is 0 Å². The van der Waals surface area contributed by atoms with Gasteiger partial charge in [0, 0.05) is 68.0 Å². The second-order valence-electron chi connectivity index (χ2n) is 10.1. The second-order valence-corrected chi connectivity index (χ2v) is 10.4. The summed E-state index contributed by atoms with van der Waals surface area (Å²) in [6.07, 6.45) is 0. The molecule has 7 rings (SSSR count). The van der Waals surface area contributed by atoms with E-state index < -0.39 is 0 Å². The van der Waals surface area contributed by atoms with Crippen LogP contribution in [0.25, 0.3) is 54.9 Å². The number of fused-ring (bicyclic) bond motifs is 5. The molecule has 0 saturated carbocycles. The van der Waals surface area contributed by atoms with Gasteiger partial charge in [-0.25, -0.2) is 0 Å². The molecule has 41 heavy (non-hydrogen) atoms. The Kier molecular flexibility index (Phi) is 5.72. The highest BCUT2D eigenvalue weighted by Gasteiger charge is 2.17. The van der Waals surface area contributed by atoms with Gasteiger partial charge in [-0.1, -0.05) is 18.2 Å². The van der Waals surface area contributed by atoms with E-state index in [2.05, 4.69) is 20.6 Å². The smallest absolute Gasteiger partial charge is 0.272 e. The molecule has 3 aromatic heterocycles. The number of para-hydroxylation sites is 1. The fraction of sp³-hybridized carbons (Fsp3) is 0.0625. The van der Waals surface area contributed by atoms with Crippen molar-refractivity contribution in [2.24, 2.45) is 0 Å². The monoisotopic (exact) mass is 561 g/mol. The van der Waals surface area contributed by atoms with Crippen LogP contribution in [0.3, 0.4) is 0 Å². The van der Waals surface area contributed by atoms with Gasteiger partial charge in [0.2, 0.25) is 5.91 Å². The third-order valence-electron chi connectivity index (χ3n) is 7.35. The number of aromatic amines is 2. The Labute approximate surface area is 238 Å². The summed E-state index contributed by atoms with van der Waals surface area (Å²) in [6.45, 7) is 1.45. The average molecular weight is 562 g/mol. The van der Waals surface area contributed by atoms with Crippen LogP contribution < -0.4 is 10.6 Å². The molecule has 0 aliphatic carbocycles. The van der Waals surface area contributed by atoms with Crippen LogP contribution >= 0.6 is 11.6 Å². The highest BCUT2D eigenvalue weighted by atomic mass is 35.5. The Morgan fingerprint density at radius 1 is 0.829 bits per heavy atom. The van der Waals surface area contributed by atoms with Crippen molar-refractivity contribution in [2.75, 3.05) is 10.6 Å². The maximum atomic E-state index is 13.1. The first-order valence-corrected chi connectivity index (χ1v) is 13.6. The summed E-state index contributed by atoms with van der Waals surface area (Å²) in [5, 5.41) is 20.2. The summed E-state index contributed by atoms with van der Waals surface area (Å²) in [5.74, 6) is -0.125. The van der Waals surface area contributed by atoms with Gasteiger partial charge >= 0.3 is 0 Å². The van der Waals surface area contributed by atoms with Crippen LogP contribution in [0.4, 0.5) is 11.4 Å². The fourth-order valence-electron chi connectivity index (χ4n) is 5.52. The van der Waals surface area contributed by atoms with Crippen LogP contribution in [0.1, 0.15) is 23.0 Å². The van der Waals surface area contributed by atoms with E-state index in [-0.39, 0.29) is 11.8 Å². The molecule has 0 fully saturated rings. The highest BCUT2D eigenvalue weighted by Crippen LogP contribution is 2.36. The third kappa shape index (κ3) is 4.25. The van der Waals surface area contributed by atoms with E-state index >= 15 is 0 Å². The van der Waals surface area contributed by atoms with Crippen molar-refractivity contribution in [3.63, 3.8) is 0 Å². The number of carbonyl (C=O) groups excluding carboxylic acids is 2. The molecule has 202 valence electrons. The number of nitrogens with zero attached hydrogens (tertiary/aromatic N) is 1. The first-order chi connectivity index (χ1) is 19.9. The van der Waals surface area contributed by atoms with Gasteiger partial charge in [0.05, 0.1) is 11.0 Å². The van der Waals surface area contributed by atoms with E-state index in [4.69, 9.17) is 11.6 Å². The van der Waals surface area contributed by atoms with Crippen molar-refractivity contribution in [1.82, 2.24) is 14.7 Å². The molecule has 0 atom stereocenters. The average Bonchev–Trinajstić information content (AvgIpc) is 3.66. The predicted octanol–water partition coefficient (Wildman–Crippen LogP) is 7.61. The van der Waals surface area contributed by atoms with Gasteiger partial charge in [-0.3, -0.25) is 9.59 Å². The number of rotatable bonds is 5. The number of alkyl halides is 1. The maximum absolute atomic E-state index is 13.1. The minimum Gasteiger partial charge on any atom is -0.428 e. The van der Waals surface area contributed by atoms with Gasteiger partial charge in [0.1, 0.15) is 5.69 Å². The molecular formula is C32H24ClN5O3. The number of anilines is 2. The molecule has 0 saturated heterocycles. The van der Waals surface area contributed by atoms with E-state index in [1.54, 1.807) is 12.1 Å². The topological polar surface area (TPSA) is 115 Å². The summed E-state index contributed by atoms with van der Waals surface area (Å²) in [5.41, 5.74) is 7.54. The zero-order valence-electron chi connectivity index (χ0n) is 21.9. The lowest BCUT2D eigenvalue weighted by atomic mass is 10.0. The van der Waals surface area contributed by atoms with Gasteiger partial charge < -0.3 is 25.8 Å². The lowest BCUT2D eigenvalue weighted by Gasteiger charge is -2.05. The number of hydrogen-bond acceptors (Lipinski definition) is 3. The van der Waals surface area contributed by atoms with E-state index in [1.165, 1.54) is 11.7 Å². The number of halogens is 1. The lowest BCUT2D eigenvalue weighted by molar-refractivity contribution is -0.114. The molecule has 0 aliphatic rings. The van der Waals surface area contributed by atoms with E-state index in [9.17, 15) is 14.8 Å². The predicted molar refractivity (Wildman–Crippen MR) is 164 cm³/mol. The number of hydrogen-bond donors (Lipinski definition) is 5. The van der Waals surface area contributed by atoms with Gasteiger partial charge in [-0.05, 0) is 72.3 Å². The SMILES string of the molecule is CC(=O)Nc1ccc2[nH]c(C(=O)Nc3ccc4[nH]c(-c5cc(CCl)c6c7ccccc7n(O)c6c5)cc4c3)cc2c1. The lowest BCUT2D eigenvalue weighted by Crippen LogP contribution is -2.11. The number of nitrogens with one attached hydrogen (secondary N) is 4. The number of benzene rings is 4. The number of carbonyl (C=O) groups is 2. The Balaban J connectivity index is 1.20. The molecule has 5 N–H and O–H groups in total. The first kappa shape index (κ1) is 24.8. The Hall–Kier alpha value is -5.21. The van der Waals surface area contributed by atoms with Crippen LogP contribution in [0.5, 0.6) is 0 Å². The van der Waals surface area contributed by atoms with Crippen molar-refractivity contribution in [2.45, 2.75) is 12.8 Å². The molecule has 0 unspecified atom stereocenters. The van der Waals surface area contributed by atoms with Crippen molar-refractivity contribution in [3.05, 3.63) is 96.2 Å². The van der Waals surface area contributed by atoms with Gasteiger partial charge in [-0.15, -0.1) is 11.6 Å². The fourth-order valence-corrected chi connectivity index (χ4v) is 5.74. The van der Waals surface area contributed by atoms with Crippen molar-refractivity contribution in [1.29, 1.82) is 0 Å². The van der Waals surface area contributed by atoms with E-state index in [1.807, 2.05) is 72.8 Å². The quantitative estimate of drug-likeness (QED) is 0.110. The summed E-state index contributed by atoms with van der Waals surface area (Å²) in [4.78, 5) is 31.0. The van der Waals surface area contributed by atoms with Crippen molar-refractivity contribution >= 4 is 78.4 Å². The highest BCUT2D eigenvalue weighted by molar-refractivity contribution is 6.20. The number of H-pyrrole nitrogens is 2. The molecule has 9 heteroatoms. The maximum Gasteiger partial charge on any atom is 0.272 e. The Bertz CT molecular complexity index is 2170. The summed E-state index contributed by atoms with van der Waals surface area (Å²) in [6, 6.07) is 26.6.